The van der Waals surface area contributed by atoms with E-state index in [1.807, 2.05) is 6.07 Å². The molecule has 0 radical (unpaired) electrons. The predicted molar refractivity (Wildman–Crippen MR) is 93.2 cm³/mol. The second-order valence-electron chi connectivity index (χ2n) is 5.30. The number of pyridine rings is 1. The van der Waals surface area contributed by atoms with Crippen LogP contribution in [0.4, 0.5) is 11.4 Å². The fraction of sp³-hybridized carbons (Fsp3) is 0.294. The SMILES string of the molecule is COc1ccc(Cl)cc1NC(=O)c1ccc(N2CCOCC2)cn1. The predicted octanol–water partition coefficient (Wildman–Crippen LogP) is 2.83. The van der Waals surface area contributed by atoms with Crippen molar-refractivity contribution in [3.8, 4) is 5.75 Å². The van der Waals surface area contributed by atoms with Crippen LogP contribution >= 0.6 is 11.6 Å². The van der Waals surface area contributed by atoms with Crippen LogP contribution in [0.25, 0.3) is 0 Å². The van der Waals surface area contributed by atoms with E-state index in [-0.39, 0.29) is 5.91 Å². The zero-order valence-electron chi connectivity index (χ0n) is 13.3. The lowest BCUT2D eigenvalue weighted by Gasteiger charge is -2.28. The number of halogens is 1. The summed E-state index contributed by atoms with van der Waals surface area (Å²) >= 11 is 5.97. The number of carbonyl (C=O) groups excluding carboxylic acids is 1. The van der Waals surface area contributed by atoms with Crippen molar-refractivity contribution < 1.29 is 14.3 Å². The van der Waals surface area contributed by atoms with Crippen LogP contribution in [0, 0.1) is 0 Å². The molecule has 1 N–H and O–H groups in total. The molecule has 1 aromatic heterocycles. The van der Waals surface area contributed by atoms with Gasteiger partial charge in [0.15, 0.2) is 0 Å². The second kappa shape index (κ2) is 7.51. The van der Waals surface area contributed by atoms with E-state index >= 15 is 0 Å². The molecule has 0 atom stereocenters. The summed E-state index contributed by atoms with van der Waals surface area (Å²) in [5, 5.41) is 3.29. The molecule has 6 nitrogen and oxygen atoms in total. The molecule has 1 saturated heterocycles. The Balaban J connectivity index is 1.72. The zero-order valence-corrected chi connectivity index (χ0v) is 14.0. The number of ether oxygens (including phenoxy) is 2. The van der Waals surface area contributed by atoms with Gasteiger partial charge in [-0.25, -0.2) is 4.98 Å². The number of carbonyl (C=O) groups is 1. The summed E-state index contributed by atoms with van der Waals surface area (Å²) in [5.74, 6) is 0.224. The lowest BCUT2D eigenvalue weighted by molar-refractivity contribution is 0.102. The van der Waals surface area contributed by atoms with Gasteiger partial charge in [0.25, 0.3) is 5.91 Å². The van der Waals surface area contributed by atoms with E-state index in [4.69, 9.17) is 21.1 Å². The number of anilines is 2. The van der Waals surface area contributed by atoms with Gasteiger partial charge >= 0.3 is 0 Å². The van der Waals surface area contributed by atoms with Gasteiger partial charge in [0.2, 0.25) is 0 Å². The van der Waals surface area contributed by atoms with Gasteiger partial charge in [0, 0.05) is 18.1 Å². The average molecular weight is 348 g/mol. The summed E-state index contributed by atoms with van der Waals surface area (Å²) in [6.07, 6.45) is 1.70. The molecule has 0 unspecified atom stereocenters. The molecule has 2 heterocycles. The molecule has 0 aliphatic carbocycles. The minimum Gasteiger partial charge on any atom is -0.495 e. The van der Waals surface area contributed by atoms with Crippen LogP contribution in [0.5, 0.6) is 5.75 Å². The van der Waals surface area contributed by atoms with Crippen molar-refractivity contribution >= 4 is 28.9 Å². The number of rotatable bonds is 4. The van der Waals surface area contributed by atoms with Crippen LogP contribution in [0.1, 0.15) is 10.5 Å². The lowest BCUT2D eigenvalue weighted by atomic mass is 10.2. The van der Waals surface area contributed by atoms with Crippen molar-refractivity contribution in [2.24, 2.45) is 0 Å². The highest BCUT2D eigenvalue weighted by Gasteiger charge is 2.14. The maximum absolute atomic E-state index is 12.4. The first kappa shape index (κ1) is 16.5. The van der Waals surface area contributed by atoms with E-state index in [9.17, 15) is 4.79 Å². The number of nitrogens with one attached hydrogen (secondary N) is 1. The van der Waals surface area contributed by atoms with Crippen molar-refractivity contribution in [2.75, 3.05) is 43.6 Å². The first-order valence-electron chi connectivity index (χ1n) is 7.61. The number of hydrogen-bond acceptors (Lipinski definition) is 5. The number of hydrogen-bond donors (Lipinski definition) is 1. The molecule has 1 aromatic carbocycles. The maximum atomic E-state index is 12.4. The number of amides is 1. The molecule has 3 rings (SSSR count). The van der Waals surface area contributed by atoms with Gasteiger partial charge in [0.1, 0.15) is 11.4 Å². The fourth-order valence-electron chi connectivity index (χ4n) is 2.49. The summed E-state index contributed by atoms with van der Waals surface area (Å²) in [6.45, 7) is 3.06. The molecule has 7 heteroatoms. The number of methoxy groups -OCH3 is 1. The van der Waals surface area contributed by atoms with E-state index in [2.05, 4.69) is 15.2 Å². The maximum Gasteiger partial charge on any atom is 0.274 e. The molecule has 126 valence electrons. The molecule has 2 aromatic rings. The molecule has 0 spiro atoms. The number of benzene rings is 1. The number of nitrogens with zero attached hydrogens (tertiary/aromatic N) is 2. The molecule has 0 saturated carbocycles. The Morgan fingerprint density at radius 3 is 2.75 bits per heavy atom. The minimum atomic E-state index is -0.316. The second-order valence-corrected chi connectivity index (χ2v) is 5.74. The minimum absolute atomic E-state index is 0.316. The first-order valence-corrected chi connectivity index (χ1v) is 7.99. The summed E-state index contributed by atoms with van der Waals surface area (Å²) < 4.78 is 10.6. The summed E-state index contributed by atoms with van der Waals surface area (Å²) in [4.78, 5) is 18.8. The Kier molecular flexibility index (Phi) is 5.17. The smallest absolute Gasteiger partial charge is 0.274 e. The van der Waals surface area contributed by atoms with Crippen molar-refractivity contribution in [1.29, 1.82) is 0 Å². The highest BCUT2D eigenvalue weighted by Crippen LogP contribution is 2.28. The van der Waals surface area contributed by atoms with Crippen LogP contribution in [-0.2, 0) is 4.74 Å². The van der Waals surface area contributed by atoms with Gasteiger partial charge < -0.3 is 19.7 Å². The van der Waals surface area contributed by atoms with Crippen LogP contribution in [0.3, 0.4) is 0 Å². The van der Waals surface area contributed by atoms with Crippen molar-refractivity contribution in [3.63, 3.8) is 0 Å². The van der Waals surface area contributed by atoms with Gasteiger partial charge in [-0.2, -0.15) is 0 Å². The topological polar surface area (TPSA) is 63.7 Å². The van der Waals surface area contributed by atoms with E-state index in [1.165, 1.54) is 7.11 Å². The van der Waals surface area contributed by atoms with Gasteiger partial charge in [-0.05, 0) is 30.3 Å². The van der Waals surface area contributed by atoms with Crippen molar-refractivity contribution in [2.45, 2.75) is 0 Å². The Morgan fingerprint density at radius 1 is 1.29 bits per heavy atom. The van der Waals surface area contributed by atoms with E-state index in [0.29, 0.717) is 35.4 Å². The Bertz CT molecular complexity index is 716. The molecule has 0 bridgehead atoms. The Labute approximate surface area is 145 Å². The normalized spacial score (nSPS) is 14.3. The molecule has 1 aliphatic heterocycles. The van der Waals surface area contributed by atoms with E-state index in [0.717, 1.165) is 18.8 Å². The van der Waals surface area contributed by atoms with Gasteiger partial charge in [-0.15, -0.1) is 0 Å². The van der Waals surface area contributed by atoms with Gasteiger partial charge in [-0.3, -0.25) is 4.79 Å². The Hall–Kier alpha value is -2.31. The fourth-order valence-corrected chi connectivity index (χ4v) is 2.67. The summed E-state index contributed by atoms with van der Waals surface area (Å²) in [6, 6.07) is 8.64. The number of morpholine rings is 1. The molecular formula is C17H18ClN3O3. The first-order chi connectivity index (χ1) is 11.7. The zero-order chi connectivity index (χ0) is 16.9. The highest BCUT2D eigenvalue weighted by atomic mass is 35.5. The van der Waals surface area contributed by atoms with Crippen molar-refractivity contribution in [3.05, 3.63) is 47.2 Å². The van der Waals surface area contributed by atoms with Crippen LogP contribution in [0.15, 0.2) is 36.5 Å². The van der Waals surface area contributed by atoms with Crippen LogP contribution in [0.2, 0.25) is 5.02 Å². The number of aromatic nitrogens is 1. The molecule has 1 aliphatic rings. The van der Waals surface area contributed by atoms with Crippen molar-refractivity contribution in [1.82, 2.24) is 4.98 Å². The van der Waals surface area contributed by atoms with Gasteiger partial charge in [-0.1, -0.05) is 11.6 Å². The largest absolute Gasteiger partial charge is 0.495 e. The summed E-state index contributed by atoms with van der Waals surface area (Å²) in [5.41, 5.74) is 1.82. The molecule has 1 amide bonds. The van der Waals surface area contributed by atoms with E-state index in [1.54, 1.807) is 30.5 Å². The third-order valence-corrected chi connectivity index (χ3v) is 4.00. The van der Waals surface area contributed by atoms with Crippen LogP contribution < -0.4 is 15.0 Å². The third-order valence-electron chi connectivity index (χ3n) is 3.77. The molecular weight excluding hydrogens is 330 g/mol. The van der Waals surface area contributed by atoms with E-state index < -0.39 is 0 Å². The Morgan fingerprint density at radius 2 is 2.08 bits per heavy atom. The third kappa shape index (κ3) is 3.77. The standard InChI is InChI=1S/C17H18ClN3O3/c1-23-16-5-2-12(18)10-15(16)20-17(22)14-4-3-13(11-19-14)21-6-8-24-9-7-21/h2-5,10-11H,6-9H2,1H3,(H,20,22). The monoisotopic (exact) mass is 347 g/mol. The quantitative estimate of drug-likeness (QED) is 0.921. The highest BCUT2D eigenvalue weighted by molar-refractivity contribution is 6.31. The average Bonchev–Trinajstić information content (AvgIpc) is 2.63. The molecule has 24 heavy (non-hydrogen) atoms. The summed E-state index contributed by atoms with van der Waals surface area (Å²) in [7, 11) is 1.54. The molecule has 1 fully saturated rings. The van der Waals surface area contributed by atoms with Gasteiger partial charge in [0.05, 0.1) is 37.9 Å². The van der Waals surface area contributed by atoms with Crippen LogP contribution in [-0.4, -0.2) is 44.3 Å². The lowest BCUT2D eigenvalue weighted by Crippen LogP contribution is -2.36.